The summed E-state index contributed by atoms with van der Waals surface area (Å²) in [5.74, 6) is -0.0773. The third-order valence-corrected chi connectivity index (χ3v) is 2.48. The lowest BCUT2D eigenvalue weighted by molar-refractivity contribution is 0.0948. The van der Waals surface area contributed by atoms with E-state index in [0.29, 0.717) is 12.2 Å². The Hall–Kier alpha value is -1.42. The molecule has 0 atom stereocenters. The monoisotopic (exact) mass is 205 g/mol. The molecule has 0 saturated heterocycles. The van der Waals surface area contributed by atoms with Crippen molar-refractivity contribution in [1.29, 1.82) is 0 Å². The van der Waals surface area contributed by atoms with Crippen LogP contribution in [0.5, 0.6) is 0 Å². The molecular weight excluding hydrogens is 190 g/mol. The van der Waals surface area contributed by atoms with Crippen molar-refractivity contribution in [2.45, 2.75) is 26.4 Å². The number of amides is 1. The predicted molar refractivity (Wildman–Crippen MR) is 57.4 cm³/mol. The lowest BCUT2D eigenvalue weighted by atomic mass is 10.1. The van der Waals surface area contributed by atoms with Crippen LogP contribution in [0.3, 0.4) is 0 Å². The highest BCUT2D eigenvalue weighted by Crippen LogP contribution is 2.14. The number of rotatable bonds is 3. The van der Waals surface area contributed by atoms with Crippen LogP contribution in [0.15, 0.2) is 12.3 Å². The number of pyridine rings is 1. The van der Waals surface area contributed by atoms with Crippen LogP contribution in [-0.4, -0.2) is 17.4 Å². The van der Waals surface area contributed by atoms with Crippen molar-refractivity contribution in [3.05, 3.63) is 29.1 Å². The van der Waals surface area contributed by atoms with Crippen molar-refractivity contribution < 1.29 is 4.79 Å². The zero-order valence-electron chi connectivity index (χ0n) is 8.84. The van der Waals surface area contributed by atoms with Gasteiger partial charge in [0.15, 0.2) is 0 Å². The van der Waals surface area contributed by atoms with Gasteiger partial charge in [-0.2, -0.15) is 0 Å². The number of fused-ring (bicyclic) bond motifs is 1. The van der Waals surface area contributed by atoms with Crippen LogP contribution in [0.4, 0.5) is 0 Å². The van der Waals surface area contributed by atoms with E-state index in [2.05, 4.69) is 15.6 Å². The molecule has 4 nitrogen and oxygen atoms in total. The molecular formula is C11H15N3O. The summed E-state index contributed by atoms with van der Waals surface area (Å²) in [6, 6.07) is 1.88. The van der Waals surface area contributed by atoms with Gasteiger partial charge in [-0.15, -0.1) is 0 Å². The maximum absolute atomic E-state index is 11.6. The molecule has 1 aliphatic heterocycles. The first-order chi connectivity index (χ1) is 7.31. The van der Waals surface area contributed by atoms with Gasteiger partial charge in [0, 0.05) is 25.8 Å². The largest absolute Gasteiger partial charge is 0.351 e. The third kappa shape index (κ3) is 2.15. The molecule has 0 bridgehead atoms. The normalized spacial score (nSPS) is 13.7. The van der Waals surface area contributed by atoms with E-state index in [1.54, 1.807) is 6.20 Å². The van der Waals surface area contributed by atoms with Crippen LogP contribution in [0.1, 0.15) is 35.0 Å². The van der Waals surface area contributed by atoms with Crippen molar-refractivity contribution in [1.82, 2.24) is 15.6 Å². The second-order valence-electron chi connectivity index (χ2n) is 3.70. The van der Waals surface area contributed by atoms with E-state index < -0.39 is 0 Å². The number of hydrogen-bond acceptors (Lipinski definition) is 3. The number of aromatic nitrogens is 1. The molecule has 0 aromatic carbocycles. The van der Waals surface area contributed by atoms with E-state index in [0.717, 1.165) is 19.5 Å². The van der Waals surface area contributed by atoms with E-state index in [-0.39, 0.29) is 5.91 Å². The summed E-state index contributed by atoms with van der Waals surface area (Å²) in [4.78, 5) is 15.8. The molecule has 0 spiro atoms. The van der Waals surface area contributed by atoms with E-state index in [1.807, 2.05) is 13.0 Å². The van der Waals surface area contributed by atoms with Gasteiger partial charge in [0.25, 0.3) is 5.91 Å². The van der Waals surface area contributed by atoms with E-state index in [9.17, 15) is 4.79 Å². The standard InChI is InChI=1S/C11H15N3O/c1-2-3-13-11(15)10-4-8-5-12-6-9(8)7-14-10/h4,7,12H,2-3,5-6H2,1H3,(H,13,15). The van der Waals surface area contributed by atoms with Crippen molar-refractivity contribution in [2.75, 3.05) is 6.54 Å². The molecule has 1 aliphatic rings. The smallest absolute Gasteiger partial charge is 0.269 e. The van der Waals surface area contributed by atoms with Crippen LogP contribution < -0.4 is 10.6 Å². The topological polar surface area (TPSA) is 54.0 Å². The number of carbonyl (C=O) groups is 1. The van der Waals surface area contributed by atoms with Crippen LogP contribution in [0.25, 0.3) is 0 Å². The van der Waals surface area contributed by atoms with E-state index in [4.69, 9.17) is 0 Å². The number of hydrogen-bond donors (Lipinski definition) is 2. The first-order valence-electron chi connectivity index (χ1n) is 5.28. The number of nitrogens with one attached hydrogen (secondary N) is 2. The van der Waals surface area contributed by atoms with Gasteiger partial charge in [0.2, 0.25) is 0 Å². The predicted octanol–water partition coefficient (Wildman–Crippen LogP) is 0.825. The summed E-state index contributed by atoms with van der Waals surface area (Å²) in [5.41, 5.74) is 2.90. The highest BCUT2D eigenvalue weighted by atomic mass is 16.1. The molecule has 2 N–H and O–H groups in total. The van der Waals surface area contributed by atoms with Gasteiger partial charge in [-0.3, -0.25) is 9.78 Å². The van der Waals surface area contributed by atoms with Crippen molar-refractivity contribution in [3.63, 3.8) is 0 Å². The van der Waals surface area contributed by atoms with Gasteiger partial charge in [-0.25, -0.2) is 0 Å². The van der Waals surface area contributed by atoms with Crippen LogP contribution in [0.2, 0.25) is 0 Å². The number of nitrogens with zero attached hydrogens (tertiary/aromatic N) is 1. The highest BCUT2D eigenvalue weighted by molar-refractivity contribution is 5.92. The fourth-order valence-electron chi connectivity index (χ4n) is 1.63. The van der Waals surface area contributed by atoms with Crippen molar-refractivity contribution in [2.24, 2.45) is 0 Å². The van der Waals surface area contributed by atoms with Crippen molar-refractivity contribution >= 4 is 5.91 Å². The molecule has 0 aliphatic carbocycles. The summed E-state index contributed by atoms with van der Waals surface area (Å²) >= 11 is 0. The van der Waals surface area contributed by atoms with Gasteiger partial charge in [0.05, 0.1) is 0 Å². The molecule has 1 aromatic rings. The van der Waals surface area contributed by atoms with Gasteiger partial charge in [0.1, 0.15) is 5.69 Å². The van der Waals surface area contributed by atoms with Crippen LogP contribution in [-0.2, 0) is 13.1 Å². The fourth-order valence-corrected chi connectivity index (χ4v) is 1.63. The summed E-state index contributed by atoms with van der Waals surface area (Å²) < 4.78 is 0. The average Bonchev–Trinajstić information content (AvgIpc) is 2.72. The quantitative estimate of drug-likeness (QED) is 0.768. The summed E-state index contributed by atoms with van der Waals surface area (Å²) in [5, 5.41) is 6.04. The third-order valence-electron chi connectivity index (χ3n) is 2.48. The maximum Gasteiger partial charge on any atom is 0.269 e. The maximum atomic E-state index is 11.6. The minimum absolute atomic E-state index is 0.0773. The molecule has 0 saturated carbocycles. The van der Waals surface area contributed by atoms with Gasteiger partial charge < -0.3 is 10.6 Å². The minimum atomic E-state index is -0.0773. The first kappa shape index (κ1) is 10.1. The molecule has 0 fully saturated rings. The molecule has 0 radical (unpaired) electrons. The Labute approximate surface area is 89.1 Å². The van der Waals surface area contributed by atoms with Crippen LogP contribution >= 0.6 is 0 Å². The summed E-state index contributed by atoms with van der Waals surface area (Å²) in [6.07, 6.45) is 2.73. The van der Waals surface area contributed by atoms with Gasteiger partial charge in [-0.1, -0.05) is 6.92 Å². The van der Waals surface area contributed by atoms with Gasteiger partial charge in [-0.05, 0) is 23.6 Å². The SMILES string of the molecule is CCCNC(=O)c1cc2c(cn1)CNC2. The molecule has 15 heavy (non-hydrogen) atoms. The molecule has 2 heterocycles. The molecule has 80 valence electrons. The van der Waals surface area contributed by atoms with Crippen molar-refractivity contribution in [3.8, 4) is 0 Å². The minimum Gasteiger partial charge on any atom is -0.351 e. The highest BCUT2D eigenvalue weighted by Gasteiger charge is 2.14. The zero-order valence-corrected chi connectivity index (χ0v) is 8.84. The lowest BCUT2D eigenvalue weighted by Crippen LogP contribution is -2.25. The van der Waals surface area contributed by atoms with E-state index >= 15 is 0 Å². The van der Waals surface area contributed by atoms with Crippen LogP contribution in [0, 0.1) is 0 Å². The Kier molecular flexibility index (Phi) is 2.97. The Morgan fingerprint density at radius 3 is 3.13 bits per heavy atom. The Balaban J connectivity index is 2.12. The fraction of sp³-hybridized carbons (Fsp3) is 0.455. The molecule has 0 unspecified atom stereocenters. The summed E-state index contributed by atoms with van der Waals surface area (Å²) in [7, 11) is 0. The Morgan fingerprint density at radius 1 is 1.53 bits per heavy atom. The molecule has 2 rings (SSSR count). The Morgan fingerprint density at radius 2 is 2.33 bits per heavy atom. The Bertz CT molecular complexity index is 376. The lowest BCUT2D eigenvalue weighted by Gasteiger charge is -2.04. The molecule has 4 heteroatoms. The van der Waals surface area contributed by atoms with Gasteiger partial charge >= 0.3 is 0 Å². The second kappa shape index (κ2) is 4.40. The molecule has 1 aromatic heterocycles. The van der Waals surface area contributed by atoms with E-state index in [1.165, 1.54) is 11.1 Å². The number of carbonyl (C=O) groups excluding carboxylic acids is 1. The molecule has 1 amide bonds. The first-order valence-corrected chi connectivity index (χ1v) is 5.28. The summed E-state index contributed by atoms with van der Waals surface area (Å²) in [6.45, 7) is 4.43. The second-order valence-corrected chi connectivity index (χ2v) is 3.70. The zero-order chi connectivity index (χ0) is 10.7. The average molecular weight is 205 g/mol.